The van der Waals surface area contributed by atoms with Crippen molar-refractivity contribution >= 4 is 22.7 Å². The first-order valence-corrected chi connectivity index (χ1v) is 8.10. The van der Waals surface area contributed by atoms with Gasteiger partial charge in [-0.15, -0.1) is 0 Å². The number of esters is 1. The zero-order chi connectivity index (χ0) is 16.4. The highest BCUT2D eigenvalue weighted by Gasteiger charge is 2.25. The summed E-state index contributed by atoms with van der Waals surface area (Å²) in [5.74, 6) is -0.319. The van der Waals surface area contributed by atoms with E-state index in [1.165, 1.54) is 0 Å². The summed E-state index contributed by atoms with van der Waals surface area (Å²) in [6.07, 6.45) is 3.43. The number of carbonyl (C=O) groups is 1. The predicted molar refractivity (Wildman–Crippen MR) is 88.9 cm³/mol. The first-order valence-electron chi connectivity index (χ1n) is 8.10. The molecule has 2 aromatic heterocycles. The van der Waals surface area contributed by atoms with Crippen LogP contribution in [-0.4, -0.2) is 65.5 Å². The van der Waals surface area contributed by atoms with Crippen LogP contribution in [0.1, 0.15) is 24.2 Å². The van der Waals surface area contributed by atoms with Crippen LogP contribution in [0.3, 0.4) is 0 Å². The lowest BCUT2D eigenvalue weighted by Gasteiger charge is -2.35. The van der Waals surface area contributed by atoms with Crippen molar-refractivity contribution in [1.82, 2.24) is 19.7 Å². The SMILES string of the molecule is CCOC(=O)c1cnc2c(cnn2CC)c1N1CCN(C)CC1. The predicted octanol–water partition coefficient (Wildman–Crippen LogP) is 1.38. The van der Waals surface area contributed by atoms with Crippen molar-refractivity contribution in [3.05, 3.63) is 18.0 Å². The number of carbonyl (C=O) groups excluding carboxylic acids is 1. The second-order valence-corrected chi connectivity index (χ2v) is 5.73. The number of hydrogen-bond donors (Lipinski definition) is 0. The summed E-state index contributed by atoms with van der Waals surface area (Å²) in [4.78, 5) is 21.3. The molecule has 0 saturated carbocycles. The van der Waals surface area contributed by atoms with Crippen molar-refractivity contribution in [2.75, 3.05) is 44.7 Å². The molecule has 0 atom stereocenters. The highest BCUT2D eigenvalue weighted by molar-refractivity contribution is 6.04. The normalized spacial score (nSPS) is 16.0. The van der Waals surface area contributed by atoms with Crippen molar-refractivity contribution in [2.45, 2.75) is 20.4 Å². The summed E-state index contributed by atoms with van der Waals surface area (Å²) in [6, 6.07) is 0. The Morgan fingerprint density at radius 1 is 1.22 bits per heavy atom. The fraction of sp³-hybridized carbons (Fsp3) is 0.562. The van der Waals surface area contributed by atoms with Gasteiger partial charge in [-0.2, -0.15) is 5.10 Å². The van der Waals surface area contributed by atoms with Crippen molar-refractivity contribution in [2.24, 2.45) is 0 Å². The first kappa shape index (κ1) is 15.7. The molecule has 0 N–H and O–H groups in total. The summed E-state index contributed by atoms with van der Waals surface area (Å²) in [6.45, 7) is 8.63. The number of anilines is 1. The molecule has 3 rings (SSSR count). The van der Waals surface area contributed by atoms with Gasteiger partial charge in [0.05, 0.1) is 23.9 Å². The molecule has 0 amide bonds. The lowest BCUT2D eigenvalue weighted by molar-refractivity contribution is 0.0526. The maximum atomic E-state index is 12.4. The van der Waals surface area contributed by atoms with E-state index in [1.807, 2.05) is 24.7 Å². The molecule has 0 aliphatic carbocycles. The highest BCUT2D eigenvalue weighted by Crippen LogP contribution is 2.31. The van der Waals surface area contributed by atoms with Gasteiger partial charge >= 0.3 is 5.97 Å². The number of rotatable bonds is 4. The molecule has 7 nitrogen and oxygen atoms in total. The molecule has 1 saturated heterocycles. The standard InChI is InChI=1S/C16H23N5O2/c1-4-21-15-12(11-18-21)14(20-8-6-19(3)7-9-20)13(10-17-15)16(22)23-5-2/h10-11H,4-9H2,1-3H3. The quantitative estimate of drug-likeness (QED) is 0.794. The molecule has 3 heterocycles. The fourth-order valence-corrected chi connectivity index (χ4v) is 2.97. The Balaban J connectivity index is 2.11. The zero-order valence-electron chi connectivity index (χ0n) is 13.9. The van der Waals surface area contributed by atoms with Crippen LogP contribution in [0.4, 0.5) is 5.69 Å². The van der Waals surface area contributed by atoms with Crippen LogP contribution in [0.25, 0.3) is 11.0 Å². The maximum Gasteiger partial charge on any atom is 0.341 e. The number of fused-ring (bicyclic) bond motifs is 1. The number of nitrogens with zero attached hydrogens (tertiary/aromatic N) is 5. The molecule has 1 fully saturated rings. The lowest BCUT2D eigenvalue weighted by Crippen LogP contribution is -2.45. The topological polar surface area (TPSA) is 63.5 Å². The number of aryl methyl sites for hydroxylation is 1. The van der Waals surface area contributed by atoms with E-state index in [0.717, 1.165) is 49.4 Å². The van der Waals surface area contributed by atoms with Gasteiger partial charge in [-0.25, -0.2) is 14.5 Å². The minimum absolute atomic E-state index is 0.319. The Kier molecular flexibility index (Phi) is 4.47. The summed E-state index contributed by atoms with van der Waals surface area (Å²) in [7, 11) is 2.11. The van der Waals surface area contributed by atoms with Gasteiger partial charge in [0.15, 0.2) is 5.65 Å². The number of likely N-dealkylation sites (N-methyl/N-ethyl adjacent to an activating group) is 1. The van der Waals surface area contributed by atoms with E-state index >= 15 is 0 Å². The number of hydrogen-bond acceptors (Lipinski definition) is 6. The van der Waals surface area contributed by atoms with E-state index in [-0.39, 0.29) is 5.97 Å². The summed E-state index contributed by atoms with van der Waals surface area (Å²) < 4.78 is 7.07. The molecule has 0 spiro atoms. The van der Waals surface area contributed by atoms with Gasteiger partial charge < -0.3 is 14.5 Å². The molecule has 0 radical (unpaired) electrons. The van der Waals surface area contributed by atoms with Gasteiger partial charge in [-0.1, -0.05) is 0 Å². The first-order chi connectivity index (χ1) is 11.2. The average molecular weight is 317 g/mol. The molecule has 1 aliphatic heterocycles. The average Bonchev–Trinajstić information content (AvgIpc) is 2.98. The zero-order valence-corrected chi connectivity index (χ0v) is 13.9. The molecule has 124 valence electrons. The van der Waals surface area contributed by atoms with E-state index < -0.39 is 0 Å². The Bertz CT molecular complexity index is 704. The van der Waals surface area contributed by atoms with Gasteiger partial charge in [0.2, 0.25) is 0 Å². The van der Waals surface area contributed by atoms with E-state index in [2.05, 4.69) is 26.9 Å². The number of piperazine rings is 1. The minimum Gasteiger partial charge on any atom is -0.462 e. The van der Waals surface area contributed by atoms with Crippen LogP contribution in [-0.2, 0) is 11.3 Å². The van der Waals surface area contributed by atoms with Crippen LogP contribution >= 0.6 is 0 Å². The molecule has 1 aliphatic rings. The fourth-order valence-electron chi connectivity index (χ4n) is 2.97. The van der Waals surface area contributed by atoms with Crippen LogP contribution < -0.4 is 4.90 Å². The Morgan fingerprint density at radius 2 is 1.96 bits per heavy atom. The Morgan fingerprint density at radius 3 is 2.61 bits per heavy atom. The molecule has 2 aromatic rings. The molecule has 0 aromatic carbocycles. The number of aromatic nitrogens is 3. The maximum absolute atomic E-state index is 12.4. The van der Waals surface area contributed by atoms with Gasteiger partial charge in [0, 0.05) is 38.9 Å². The largest absolute Gasteiger partial charge is 0.462 e. The third kappa shape index (κ3) is 2.88. The molecule has 7 heteroatoms. The molecular weight excluding hydrogens is 294 g/mol. The summed E-state index contributed by atoms with van der Waals surface area (Å²) >= 11 is 0. The molecular formula is C16H23N5O2. The van der Waals surface area contributed by atoms with Gasteiger partial charge in [0.1, 0.15) is 5.56 Å². The Labute approximate surface area is 135 Å². The van der Waals surface area contributed by atoms with E-state index in [9.17, 15) is 4.79 Å². The number of ether oxygens (including phenoxy) is 1. The molecule has 0 bridgehead atoms. The van der Waals surface area contributed by atoms with Crippen molar-refractivity contribution < 1.29 is 9.53 Å². The summed E-state index contributed by atoms with van der Waals surface area (Å²) in [5.41, 5.74) is 2.25. The van der Waals surface area contributed by atoms with Gasteiger partial charge in [0.25, 0.3) is 0 Å². The lowest BCUT2D eigenvalue weighted by atomic mass is 10.1. The molecule has 23 heavy (non-hydrogen) atoms. The van der Waals surface area contributed by atoms with Crippen LogP contribution in [0.2, 0.25) is 0 Å². The number of pyridine rings is 1. The summed E-state index contributed by atoms with van der Waals surface area (Å²) in [5, 5.41) is 5.31. The van der Waals surface area contributed by atoms with E-state index in [1.54, 1.807) is 6.20 Å². The van der Waals surface area contributed by atoms with Crippen LogP contribution in [0.5, 0.6) is 0 Å². The van der Waals surface area contributed by atoms with Crippen molar-refractivity contribution in [3.8, 4) is 0 Å². The molecule has 0 unspecified atom stereocenters. The third-order valence-corrected chi connectivity index (χ3v) is 4.25. The highest BCUT2D eigenvalue weighted by atomic mass is 16.5. The van der Waals surface area contributed by atoms with Crippen LogP contribution in [0, 0.1) is 0 Å². The Hall–Kier alpha value is -2.15. The minimum atomic E-state index is -0.319. The van der Waals surface area contributed by atoms with E-state index in [4.69, 9.17) is 4.74 Å². The smallest absolute Gasteiger partial charge is 0.341 e. The second kappa shape index (κ2) is 6.54. The monoisotopic (exact) mass is 317 g/mol. The van der Waals surface area contributed by atoms with Crippen molar-refractivity contribution in [1.29, 1.82) is 0 Å². The third-order valence-electron chi connectivity index (χ3n) is 4.25. The van der Waals surface area contributed by atoms with Gasteiger partial charge in [-0.3, -0.25) is 0 Å². The van der Waals surface area contributed by atoms with Crippen molar-refractivity contribution in [3.63, 3.8) is 0 Å². The van der Waals surface area contributed by atoms with Gasteiger partial charge in [-0.05, 0) is 20.9 Å². The van der Waals surface area contributed by atoms with E-state index in [0.29, 0.717) is 12.2 Å². The van der Waals surface area contributed by atoms with Crippen LogP contribution in [0.15, 0.2) is 12.4 Å². The second-order valence-electron chi connectivity index (χ2n) is 5.73.